The molecule has 1 aliphatic heterocycles. The summed E-state index contributed by atoms with van der Waals surface area (Å²) in [7, 11) is 3.97. The van der Waals surface area contributed by atoms with E-state index in [1.54, 1.807) is 24.4 Å². The van der Waals surface area contributed by atoms with Crippen molar-refractivity contribution in [3.63, 3.8) is 0 Å². The van der Waals surface area contributed by atoms with Crippen LogP contribution in [-0.2, 0) is 4.79 Å². The first-order valence-corrected chi connectivity index (χ1v) is 7.33. The van der Waals surface area contributed by atoms with E-state index >= 15 is 0 Å². The maximum absolute atomic E-state index is 11.8. The molecule has 2 N–H and O–H groups in total. The first-order valence-electron chi connectivity index (χ1n) is 7.33. The summed E-state index contributed by atoms with van der Waals surface area (Å²) in [5.41, 5.74) is 5.02. The number of hydrogen-bond acceptors (Lipinski definition) is 6. The number of carbonyl (C=O) groups excluding carboxylic acids is 1. The summed E-state index contributed by atoms with van der Waals surface area (Å²) < 4.78 is 5.17. The lowest BCUT2D eigenvalue weighted by molar-refractivity contribution is -0.115. The third-order valence-corrected chi connectivity index (χ3v) is 3.31. The van der Waals surface area contributed by atoms with Gasteiger partial charge in [-0.25, -0.2) is 10.4 Å². The number of rotatable bonds is 4. The second-order valence-electron chi connectivity index (χ2n) is 5.32. The molecule has 1 aromatic heterocycles. The van der Waals surface area contributed by atoms with Gasteiger partial charge in [-0.15, -0.1) is 0 Å². The molecule has 0 bridgehead atoms. The number of benzene rings is 1. The number of furan rings is 1. The van der Waals surface area contributed by atoms with Crippen LogP contribution in [0.4, 0.5) is 5.69 Å². The molecule has 0 aliphatic carbocycles. The fraction of sp³-hybridized carbons (Fsp3) is 0.118. The van der Waals surface area contributed by atoms with Gasteiger partial charge in [0.2, 0.25) is 5.96 Å². The number of nitrogens with one attached hydrogen (secondary N) is 2. The molecule has 2 heterocycles. The van der Waals surface area contributed by atoms with Crippen molar-refractivity contribution in [2.45, 2.75) is 0 Å². The molecule has 122 valence electrons. The number of hydrazone groups is 1. The van der Waals surface area contributed by atoms with Crippen molar-refractivity contribution in [2.75, 3.05) is 19.0 Å². The summed E-state index contributed by atoms with van der Waals surface area (Å²) in [5, 5.41) is 6.68. The molecule has 7 heteroatoms. The van der Waals surface area contributed by atoms with Crippen LogP contribution in [0.25, 0.3) is 6.08 Å². The predicted molar refractivity (Wildman–Crippen MR) is 93.8 cm³/mol. The molecule has 0 saturated carbocycles. The van der Waals surface area contributed by atoms with Crippen LogP contribution in [-0.4, -0.2) is 32.2 Å². The predicted octanol–water partition coefficient (Wildman–Crippen LogP) is 1.80. The van der Waals surface area contributed by atoms with Crippen molar-refractivity contribution >= 4 is 29.8 Å². The zero-order valence-electron chi connectivity index (χ0n) is 13.4. The average molecular weight is 323 g/mol. The van der Waals surface area contributed by atoms with Crippen molar-refractivity contribution in [3.8, 4) is 0 Å². The lowest BCUT2D eigenvalue weighted by Crippen LogP contribution is -2.33. The van der Waals surface area contributed by atoms with Crippen LogP contribution in [0, 0.1) is 0 Å². The van der Waals surface area contributed by atoms with Crippen molar-refractivity contribution in [3.05, 3.63) is 59.7 Å². The van der Waals surface area contributed by atoms with E-state index in [1.807, 2.05) is 43.3 Å². The molecular formula is C17H17N5O2. The Balaban J connectivity index is 1.63. The molecule has 0 atom stereocenters. The van der Waals surface area contributed by atoms with Gasteiger partial charge in [0.05, 0.1) is 12.5 Å². The van der Waals surface area contributed by atoms with Gasteiger partial charge in [-0.05, 0) is 29.8 Å². The van der Waals surface area contributed by atoms with Crippen molar-refractivity contribution in [1.82, 2.24) is 10.7 Å². The molecule has 3 rings (SSSR count). The molecule has 1 amide bonds. The summed E-state index contributed by atoms with van der Waals surface area (Å²) >= 11 is 0. The third-order valence-electron chi connectivity index (χ3n) is 3.31. The Morgan fingerprint density at radius 3 is 2.71 bits per heavy atom. The van der Waals surface area contributed by atoms with E-state index in [9.17, 15) is 4.79 Å². The van der Waals surface area contributed by atoms with E-state index in [4.69, 9.17) is 4.42 Å². The quantitative estimate of drug-likeness (QED) is 0.511. The largest absolute Gasteiger partial charge is 0.465 e. The molecule has 0 spiro atoms. The number of guanidine groups is 1. The first-order chi connectivity index (χ1) is 11.6. The molecule has 0 saturated heterocycles. The average Bonchev–Trinajstić information content (AvgIpc) is 3.19. The van der Waals surface area contributed by atoms with E-state index < -0.39 is 0 Å². The fourth-order valence-electron chi connectivity index (χ4n) is 2.06. The molecule has 1 aliphatic rings. The normalized spacial score (nSPS) is 15.7. The number of anilines is 1. The molecule has 0 radical (unpaired) electrons. The van der Waals surface area contributed by atoms with Gasteiger partial charge in [-0.3, -0.25) is 10.1 Å². The van der Waals surface area contributed by atoms with E-state index in [0.717, 1.165) is 11.3 Å². The van der Waals surface area contributed by atoms with Crippen molar-refractivity contribution in [2.24, 2.45) is 10.1 Å². The third kappa shape index (κ3) is 3.70. The highest BCUT2D eigenvalue weighted by atomic mass is 16.3. The summed E-state index contributed by atoms with van der Waals surface area (Å²) in [6.45, 7) is 0. The minimum atomic E-state index is -0.306. The van der Waals surface area contributed by atoms with E-state index in [-0.39, 0.29) is 17.6 Å². The number of hydrogen-bond donors (Lipinski definition) is 2. The van der Waals surface area contributed by atoms with Crippen LogP contribution in [0.2, 0.25) is 0 Å². The first kappa shape index (κ1) is 15.5. The topological polar surface area (TPSA) is 82.2 Å². The summed E-state index contributed by atoms with van der Waals surface area (Å²) in [5.74, 6) is 0.535. The highest BCUT2D eigenvalue weighted by Gasteiger charge is 2.19. The van der Waals surface area contributed by atoms with Crippen LogP contribution < -0.4 is 15.6 Å². The van der Waals surface area contributed by atoms with E-state index in [0.29, 0.717) is 5.76 Å². The van der Waals surface area contributed by atoms with Crippen LogP contribution in [0.1, 0.15) is 11.3 Å². The SMILES string of the molecule is CN(C)c1ccc(/C=N/NC2=N/C(=C/c3ccco3)C(=O)N2)cc1. The Labute approximate surface area is 139 Å². The molecule has 0 fully saturated rings. The number of aliphatic imine (C=N–C) groups is 1. The second-order valence-corrected chi connectivity index (χ2v) is 5.32. The minimum Gasteiger partial charge on any atom is -0.465 e. The van der Waals surface area contributed by atoms with Gasteiger partial charge in [-0.1, -0.05) is 12.1 Å². The zero-order valence-corrected chi connectivity index (χ0v) is 13.4. The van der Waals surface area contributed by atoms with Crippen LogP contribution >= 0.6 is 0 Å². The van der Waals surface area contributed by atoms with Gasteiger partial charge in [0.25, 0.3) is 5.91 Å². The van der Waals surface area contributed by atoms with Gasteiger partial charge in [0.15, 0.2) is 0 Å². The van der Waals surface area contributed by atoms with Gasteiger partial charge < -0.3 is 9.32 Å². The maximum atomic E-state index is 11.8. The monoisotopic (exact) mass is 323 g/mol. The Hall–Kier alpha value is -3.35. The standard InChI is InChI=1S/C17H17N5O2/c1-22(2)13-7-5-12(6-8-13)11-18-21-17-19-15(16(23)20-17)10-14-4-3-9-24-14/h3-11H,1-2H3,(H2,19,20,21,23)/b15-10+,18-11+. The highest BCUT2D eigenvalue weighted by molar-refractivity contribution is 6.13. The van der Waals surface area contributed by atoms with Crippen LogP contribution in [0.3, 0.4) is 0 Å². The maximum Gasteiger partial charge on any atom is 0.276 e. The van der Waals surface area contributed by atoms with Gasteiger partial charge in [-0.2, -0.15) is 5.10 Å². The van der Waals surface area contributed by atoms with Gasteiger partial charge in [0.1, 0.15) is 11.5 Å². The molecule has 2 aromatic rings. The Morgan fingerprint density at radius 1 is 1.25 bits per heavy atom. The fourth-order valence-corrected chi connectivity index (χ4v) is 2.06. The molecule has 0 unspecified atom stereocenters. The molecular weight excluding hydrogens is 306 g/mol. The van der Waals surface area contributed by atoms with Crippen molar-refractivity contribution in [1.29, 1.82) is 0 Å². The van der Waals surface area contributed by atoms with Crippen LogP contribution in [0.15, 0.2) is 62.9 Å². The summed E-state index contributed by atoms with van der Waals surface area (Å²) in [6.07, 6.45) is 4.75. The Morgan fingerprint density at radius 2 is 2.04 bits per heavy atom. The van der Waals surface area contributed by atoms with Crippen LogP contribution in [0.5, 0.6) is 0 Å². The summed E-state index contributed by atoms with van der Waals surface area (Å²) in [6, 6.07) is 11.4. The van der Waals surface area contributed by atoms with E-state index in [2.05, 4.69) is 20.8 Å². The number of nitrogens with zero attached hydrogens (tertiary/aromatic N) is 3. The lowest BCUT2D eigenvalue weighted by Gasteiger charge is -2.11. The van der Waals surface area contributed by atoms with Crippen molar-refractivity contribution < 1.29 is 9.21 Å². The summed E-state index contributed by atoms with van der Waals surface area (Å²) in [4.78, 5) is 18.0. The molecule has 24 heavy (non-hydrogen) atoms. The molecule has 7 nitrogen and oxygen atoms in total. The molecule has 1 aromatic carbocycles. The number of amides is 1. The lowest BCUT2D eigenvalue weighted by atomic mass is 10.2. The van der Waals surface area contributed by atoms with E-state index in [1.165, 1.54) is 6.26 Å². The zero-order chi connectivity index (χ0) is 16.9. The Bertz CT molecular complexity index is 802. The Kier molecular flexibility index (Phi) is 4.42. The smallest absolute Gasteiger partial charge is 0.276 e. The highest BCUT2D eigenvalue weighted by Crippen LogP contribution is 2.12. The number of carbonyl (C=O) groups is 1. The van der Waals surface area contributed by atoms with Gasteiger partial charge >= 0.3 is 0 Å². The second kappa shape index (κ2) is 6.82. The van der Waals surface area contributed by atoms with Gasteiger partial charge in [0, 0.05) is 25.9 Å². The minimum absolute atomic E-state index is 0.262.